The summed E-state index contributed by atoms with van der Waals surface area (Å²) >= 11 is 0. The summed E-state index contributed by atoms with van der Waals surface area (Å²) in [5.74, 6) is 0.390. The van der Waals surface area contributed by atoms with Gasteiger partial charge in [-0.2, -0.15) is 0 Å². The van der Waals surface area contributed by atoms with Gasteiger partial charge in [-0.3, -0.25) is 4.90 Å². The van der Waals surface area contributed by atoms with E-state index in [1.165, 1.54) is 24.8 Å². The summed E-state index contributed by atoms with van der Waals surface area (Å²) < 4.78 is 0. The van der Waals surface area contributed by atoms with Gasteiger partial charge in [-0.1, -0.05) is 54.8 Å². The summed E-state index contributed by atoms with van der Waals surface area (Å²) in [6, 6.07) is 10.4. The van der Waals surface area contributed by atoms with E-state index < -0.39 is 0 Å². The second-order valence-electron chi connectivity index (χ2n) is 6.15. The predicted molar refractivity (Wildman–Crippen MR) is 83.3 cm³/mol. The van der Waals surface area contributed by atoms with E-state index in [4.69, 9.17) is 0 Å². The molecule has 20 heavy (non-hydrogen) atoms. The van der Waals surface area contributed by atoms with Gasteiger partial charge in [0.25, 0.3) is 0 Å². The van der Waals surface area contributed by atoms with E-state index in [1.54, 1.807) is 0 Å². The second kappa shape index (κ2) is 6.40. The van der Waals surface area contributed by atoms with Crippen LogP contribution in [0.4, 0.5) is 0 Å². The fourth-order valence-electron chi connectivity index (χ4n) is 3.35. The van der Waals surface area contributed by atoms with Crippen molar-refractivity contribution in [3.63, 3.8) is 0 Å². The fraction of sp³-hybridized carbons (Fsp3) is 0.588. The standard InChI is InChI=1S/C17H26N2O/c1-17(19(2)3,15-12-8-5-9-13-15)16(18-20)14-10-6-4-7-11-14/h5,8-9,12-14,20H,4,6-7,10-11H2,1-3H3. The first-order valence-electron chi connectivity index (χ1n) is 7.56. The minimum absolute atomic E-state index is 0.349. The number of benzene rings is 1. The van der Waals surface area contributed by atoms with Gasteiger partial charge >= 0.3 is 0 Å². The summed E-state index contributed by atoms with van der Waals surface area (Å²) in [6.07, 6.45) is 6.05. The fourth-order valence-corrected chi connectivity index (χ4v) is 3.35. The van der Waals surface area contributed by atoms with Crippen LogP contribution in [0.2, 0.25) is 0 Å². The smallest absolute Gasteiger partial charge is 0.0851 e. The van der Waals surface area contributed by atoms with Crippen LogP contribution in [0.5, 0.6) is 0 Å². The molecule has 3 heteroatoms. The molecule has 1 saturated carbocycles. The Kier molecular flexibility index (Phi) is 4.81. The highest BCUT2D eigenvalue weighted by molar-refractivity contribution is 5.95. The Morgan fingerprint density at radius 1 is 1.15 bits per heavy atom. The van der Waals surface area contributed by atoms with Crippen molar-refractivity contribution in [1.82, 2.24) is 4.90 Å². The maximum Gasteiger partial charge on any atom is 0.0851 e. The van der Waals surface area contributed by atoms with Crippen LogP contribution in [-0.4, -0.2) is 29.9 Å². The number of oxime groups is 1. The maximum absolute atomic E-state index is 9.69. The highest BCUT2D eigenvalue weighted by Gasteiger charge is 2.39. The molecule has 0 saturated heterocycles. The Bertz CT molecular complexity index is 449. The zero-order chi connectivity index (χ0) is 14.6. The highest BCUT2D eigenvalue weighted by Crippen LogP contribution is 2.36. The minimum Gasteiger partial charge on any atom is -0.411 e. The lowest BCUT2D eigenvalue weighted by molar-refractivity contribution is 0.222. The molecule has 1 aliphatic rings. The molecule has 110 valence electrons. The van der Waals surface area contributed by atoms with Gasteiger partial charge in [0.15, 0.2) is 0 Å². The molecular formula is C17H26N2O. The molecule has 1 fully saturated rings. The lowest BCUT2D eigenvalue weighted by Crippen LogP contribution is -2.49. The van der Waals surface area contributed by atoms with Gasteiger partial charge in [0.05, 0.1) is 11.3 Å². The van der Waals surface area contributed by atoms with Crippen molar-refractivity contribution >= 4 is 5.71 Å². The highest BCUT2D eigenvalue weighted by atomic mass is 16.4. The van der Waals surface area contributed by atoms with Crippen molar-refractivity contribution < 1.29 is 5.21 Å². The van der Waals surface area contributed by atoms with E-state index in [9.17, 15) is 5.21 Å². The molecule has 0 aliphatic heterocycles. The largest absolute Gasteiger partial charge is 0.411 e. The number of rotatable bonds is 4. The lowest BCUT2D eigenvalue weighted by atomic mass is 9.74. The quantitative estimate of drug-likeness (QED) is 0.514. The van der Waals surface area contributed by atoms with Gasteiger partial charge in [-0.25, -0.2) is 0 Å². The summed E-state index contributed by atoms with van der Waals surface area (Å²) in [6.45, 7) is 2.16. The van der Waals surface area contributed by atoms with Gasteiger partial charge in [-0.05, 0) is 39.4 Å². The SMILES string of the molecule is CN(C)C(C)(C(=NO)C1CCCCC1)c1ccccc1. The molecule has 0 aromatic heterocycles. The maximum atomic E-state index is 9.69. The molecule has 1 atom stereocenters. The van der Waals surface area contributed by atoms with Crippen LogP contribution >= 0.6 is 0 Å². The third kappa shape index (κ3) is 2.73. The Hall–Kier alpha value is -1.35. The molecule has 3 nitrogen and oxygen atoms in total. The van der Waals surface area contributed by atoms with E-state index in [-0.39, 0.29) is 5.54 Å². The van der Waals surface area contributed by atoms with Gasteiger partial charge in [0.1, 0.15) is 0 Å². The summed E-state index contributed by atoms with van der Waals surface area (Å²) in [7, 11) is 4.11. The lowest BCUT2D eigenvalue weighted by Gasteiger charge is -2.41. The number of hydrogen-bond donors (Lipinski definition) is 1. The zero-order valence-electron chi connectivity index (χ0n) is 12.8. The van der Waals surface area contributed by atoms with Crippen LogP contribution in [0.25, 0.3) is 0 Å². The Morgan fingerprint density at radius 2 is 1.75 bits per heavy atom. The van der Waals surface area contributed by atoms with Crippen LogP contribution in [0, 0.1) is 5.92 Å². The third-order valence-corrected chi connectivity index (χ3v) is 4.83. The number of hydrogen-bond acceptors (Lipinski definition) is 3. The Morgan fingerprint density at radius 3 is 2.25 bits per heavy atom. The molecule has 1 unspecified atom stereocenters. The normalized spacial score (nSPS) is 20.9. The topological polar surface area (TPSA) is 35.8 Å². The van der Waals surface area contributed by atoms with Crippen LogP contribution in [0.3, 0.4) is 0 Å². The molecule has 1 aromatic carbocycles. The average molecular weight is 274 g/mol. The van der Waals surface area contributed by atoms with E-state index >= 15 is 0 Å². The number of nitrogens with zero attached hydrogens (tertiary/aromatic N) is 2. The molecule has 0 heterocycles. The molecule has 1 N–H and O–H groups in total. The summed E-state index contributed by atoms with van der Waals surface area (Å²) in [4.78, 5) is 2.16. The van der Waals surface area contributed by atoms with Crippen molar-refractivity contribution in [2.24, 2.45) is 11.1 Å². The van der Waals surface area contributed by atoms with Gasteiger partial charge in [0.2, 0.25) is 0 Å². The van der Waals surface area contributed by atoms with Gasteiger partial charge in [0, 0.05) is 5.92 Å². The van der Waals surface area contributed by atoms with E-state index in [0.29, 0.717) is 5.92 Å². The molecule has 0 radical (unpaired) electrons. The van der Waals surface area contributed by atoms with E-state index in [2.05, 4.69) is 43.2 Å². The monoisotopic (exact) mass is 274 g/mol. The minimum atomic E-state index is -0.349. The molecule has 0 spiro atoms. The van der Waals surface area contributed by atoms with E-state index in [0.717, 1.165) is 18.6 Å². The first-order chi connectivity index (χ1) is 9.60. The molecule has 0 amide bonds. The Balaban J connectivity index is 2.40. The van der Waals surface area contributed by atoms with Gasteiger partial charge in [-0.15, -0.1) is 0 Å². The molecule has 0 bridgehead atoms. The van der Waals surface area contributed by atoms with E-state index in [1.807, 2.05) is 18.2 Å². The van der Waals surface area contributed by atoms with Crippen molar-refractivity contribution in [3.05, 3.63) is 35.9 Å². The molecule has 1 aromatic rings. The zero-order valence-corrected chi connectivity index (χ0v) is 12.8. The van der Waals surface area contributed by atoms with Crippen molar-refractivity contribution in [3.8, 4) is 0 Å². The molecule has 1 aliphatic carbocycles. The molecule has 2 rings (SSSR count). The Labute approximate surface area is 122 Å². The molecular weight excluding hydrogens is 248 g/mol. The average Bonchev–Trinajstić information content (AvgIpc) is 2.49. The van der Waals surface area contributed by atoms with Gasteiger partial charge < -0.3 is 5.21 Å². The first-order valence-corrected chi connectivity index (χ1v) is 7.56. The summed E-state index contributed by atoms with van der Waals surface area (Å²) in [5, 5.41) is 13.4. The van der Waals surface area contributed by atoms with Crippen LogP contribution < -0.4 is 0 Å². The van der Waals surface area contributed by atoms with Crippen LogP contribution in [0.15, 0.2) is 35.5 Å². The first kappa shape index (κ1) is 15.0. The van der Waals surface area contributed by atoms with Crippen molar-refractivity contribution in [1.29, 1.82) is 0 Å². The van der Waals surface area contributed by atoms with Crippen LogP contribution in [0.1, 0.15) is 44.6 Å². The van der Waals surface area contributed by atoms with Crippen LogP contribution in [-0.2, 0) is 5.54 Å². The second-order valence-corrected chi connectivity index (χ2v) is 6.15. The summed E-state index contributed by atoms with van der Waals surface area (Å²) in [5.41, 5.74) is 1.75. The van der Waals surface area contributed by atoms with Crippen molar-refractivity contribution in [2.45, 2.75) is 44.6 Å². The third-order valence-electron chi connectivity index (χ3n) is 4.83. The van der Waals surface area contributed by atoms with Crippen molar-refractivity contribution in [2.75, 3.05) is 14.1 Å². The predicted octanol–water partition coefficient (Wildman–Crippen LogP) is 3.87.